The van der Waals surface area contributed by atoms with Crippen molar-refractivity contribution in [3.8, 4) is 0 Å². The van der Waals surface area contributed by atoms with Crippen molar-refractivity contribution in [3.63, 3.8) is 0 Å². The lowest BCUT2D eigenvalue weighted by Crippen LogP contribution is -2.49. The molecule has 1 aromatic heterocycles. The van der Waals surface area contributed by atoms with E-state index in [9.17, 15) is 4.79 Å². The number of anilines is 1. The first-order valence-corrected chi connectivity index (χ1v) is 11.4. The van der Waals surface area contributed by atoms with Crippen LogP contribution in [0.25, 0.3) is 11.0 Å². The molecule has 1 aliphatic rings. The summed E-state index contributed by atoms with van der Waals surface area (Å²) in [7, 11) is 0. The van der Waals surface area contributed by atoms with Gasteiger partial charge < -0.3 is 9.64 Å². The monoisotopic (exact) mass is 433 g/mol. The summed E-state index contributed by atoms with van der Waals surface area (Å²) in [4.78, 5) is 16.5. The van der Waals surface area contributed by atoms with Crippen LogP contribution in [-0.2, 0) is 9.53 Å². The Hall–Kier alpha value is -3.19. The Morgan fingerprint density at radius 1 is 1.06 bits per heavy atom. The molecule has 0 aliphatic carbocycles. The molecule has 0 bridgehead atoms. The zero-order valence-corrected chi connectivity index (χ0v) is 18.6. The fourth-order valence-corrected chi connectivity index (χ4v) is 4.27. The molecule has 0 radical (unpaired) electrons. The van der Waals surface area contributed by atoms with Crippen molar-refractivity contribution < 1.29 is 9.53 Å². The van der Waals surface area contributed by atoms with Gasteiger partial charge in [0.15, 0.2) is 0 Å². The predicted molar refractivity (Wildman–Crippen MR) is 126 cm³/mol. The molecule has 0 saturated carbocycles. The van der Waals surface area contributed by atoms with Crippen molar-refractivity contribution in [2.24, 2.45) is 0 Å². The van der Waals surface area contributed by atoms with Crippen molar-refractivity contribution in [2.75, 3.05) is 37.7 Å². The Morgan fingerprint density at radius 2 is 1.81 bits per heavy atom. The topological polar surface area (TPSA) is 63.5 Å². The number of rotatable bonds is 9. The summed E-state index contributed by atoms with van der Waals surface area (Å²) in [6, 6.07) is 18.7. The summed E-state index contributed by atoms with van der Waals surface area (Å²) in [5.74, 6) is -0.275. The minimum absolute atomic E-state index is 0.135. The smallest absolute Gasteiger partial charge is 0.330 e. The van der Waals surface area contributed by atoms with Crippen LogP contribution in [0, 0.1) is 0 Å². The Balaban J connectivity index is 1.44. The number of nitrogens with zero attached hydrogens (tertiary/aromatic N) is 5. The molecule has 2 aromatic carbocycles. The summed E-state index contributed by atoms with van der Waals surface area (Å²) >= 11 is 0. The summed E-state index contributed by atoms with van der Waals surface area (Å²) < 4.78 is 7.03. The van der Waals surface area contributed by atoms with Gasteiger partial charge in [0.1, 0.15) is 11.7 Å². The third-order valence-electron chi connectivity index (χ3n) is 5.89. The molecule has 4 rings (SSSR count). The molecular formula is C25H31N5O2. The first-order chi connectivity index (χ1) is 15.8. The number of hydrogen-bond acceptors (Lipinski definition) is 6. The third-order valence-corrected chi connectivity index (χ3v) is 5.89. The molecule has 0 amide bonds. The number of carbonyl (C=O) groups excluding carboxylic acids is 1. The Morgan fingerprint density at radius 3 is 2.59 bits per heavy atom. The van der Waals surface area contributed by atoms with E-state index in [1.165, 1.54) is 11.8 Å². The van der Waals surface area contributed by atoms with E-state index in [4.69, 9.17) is 4.74 Å². The van der Waals surface area contributed by atoms with Gasteiger partial charge in [0.05, 0.1) is 12.1 Å². The van der Waals surface area contributed by atoms with Crippen molar-refractivity contribution >= 4 is 22.7 Å². The zero-order valence-electron chi connectivity index (χ0n) is 18.6. The van der Waals surface area contributed by atoms with E-state index < -0.39 is 0 Å². The maximum Gasteiger partial charge on any atom is 0.330 e. The molecule has 1 fully saturated rings. The second kappa shape index (κ2) is 10.9. The first kappa shape index (κ1) is 22.0. The number of para-hydroxylation sites is 2. The quantitative estimate of drug-likeness (QED) is 0.288. The van der Waals surface area contributed by atoms with Crippen LogP contribution in [0.1, 0.15) is 32.4 Å². The Bertz CT molecular complexity index is 1030. The second-order valence-corrected chi connectivity index (χ2v) is 7.95. The van der Waals surface area contributed by atoms with Crippen LogP contribution >= 0.6 is 0 Å². The highest BCUT2D eigenvalue weighted by atomic mass is 16.5. The van der Waals surface area contributed by atoms with Gasteiger partial charge in [-0.25, -0.2) is 9.48 Å². The molecule has 32 heavy (non-hydrogen) atoms. The molecule has 1 unspecified atom stereocenters. The highest BCUT2D eigenvalue weighted by Gasteiger charge is 2.26. The highest BCUT2D eigenvalue weighted by Crippen LogP contribution is 2.26. The highest BCUT2D eigenvalue weighted by molar-refractivity contribution is 5.81. The van der Waals surface area contributed by atoms with Crippen molar-refractivity contribution in [3.05, 3.63) is 66.7 Å². The lowest BCUT2D eigenvalue weighted by molar-refractivity contribution is -0.137. The van der Waals surface area contributed by atoms with E-state index in [-0.39, 0.29) is 12.1 Å². The van der Waals surface area contributed by atoms with Gasteiger partial charge in [-0.2, -0.15) is 0 Å². The van der Waals surface area contributed by atoms with Crippen LogP contribution in [0.5, 0.6) is 0 Å². The average Bonchev–Trinajstić information content (AvgIpc) is 3.26. The molecular weight excluding hydrogens is 402 g/mol. The first-order valence-electron chi connectivity index (χ1n) is 11.4. The maximum absolute atomic E-state index is 11.5. The number of aromatic nitrogens is 3. The average molecular weight is 434 g/mol. The van der Waals surface area contributed by atoms with Gasteiger partial charge in [-0.1, -0.05) is 41.6 Å². The van der Waals surface area contributed by atoms with E-state index in [1.54, 1.807) is 0 Å². The van der Waals surface area contributed by atoms with E-state index in [0.717, 1.165) is 56.5 Å². The SMILES string of the molecule is CCOC(=O)/C=C/CCCC(N1CCN(c2ccccc2)CC1)n1nnc2ccccc21. The molecule has 0 spiro atoms. The number of hydrogen-bond donors (Lipinski definition) is 0. The number of carbonyl (C=O) groups is 1. The largest absolute Gasteiger partial charge is 0.463 e. The number of ether oxygens (including phenoxy) is 1. The van der Waals surface area contributed by atoms with Gasteiger partial charge in [0, 0.05) is 37.9 Å². The molecule has 3 aromatic rings. The van der Waals surface area contributed by atoms with Gasteiger partial charge in [0.25, 0.3) is 0 Å². The fourth-order valence-electron chi connectivity index (χ4n) is 4.27. The maximum atomic E-state index is 11.5. The van der Waals surface area contributed by atoms with Crippen LogP contribution < -0.4 is 4.90 Å². The van der Waals surface area contributed by atoms with E-state index >= 15 is 0 Å². The summed E-state index contributed by atoms with van der Waals surface area (Å²) in [6.45, 7) is 6.11. The Labute approximate surface area is 189 Å². The van der Waals surface area contributed by atoms with E-state index in [1.807, 2.05) is 31.2 Å². The summed E-state index contributed by atoms with van der Waals surface area (Å²) in [6.07, 6.45) is 6.28. The number of allylic oxidation sites excluding steroid dienone is 1. The number of piperazine rings is 1. The molecule has 7 heteroatoms. The number of fused-ring (bicyclic) bond motifs is 1. The standard InChI is InChI=1S/C25H31N5O2/c1-2-32-25(31)16-8-4-7-15-24(30-23-14-10-9-13-22(23)26-27-30)29-19-17-28(18-20-29)21-11-5-3-6-12-21/h3,5-6,8-14,16,24H,2,4,7,15,17-20H2,1H3/b16-8+. The normalized spacial score (nSPS) is 16.0. The van der Waals surface area contributed by atoms with E-state index in [2.05, 4.69) is 61.2 Å². The predicted octanol–water partition coefficient (Wildman–Crippen LogP) is 4.04. The molecule has 1 saturated heterocycles. The van der Waals surface area contributed by atoms with Crippen LogP contribution in [0.2, 0.25) is 0 Å². The van der Waals surface area contributed by atoms with Crippen molar-refractivity contribution in [1.29, 1.82) is 0 Å². The third kappa shape index (κ3) is 5.34. The fraction of sp³-hybridized carbons (Fsp3) is 0.400. The summed E-state index contributed by atoms with van der Waals surface area (Å²) in [5, 5.41) is 8.90. The molecule has 0 N–H and O–H groups in total. The minimum Gasteiger partial charge on any atom is -0.463 e. The molecule has 7 nitrogen and oxygen atoms in total. The van der Waals surface area contributed by atoms with Crippen molar-refractivity contribution in [1.82, 2.24) is 19.9 Å². The van der Waals surface area contributed by atoms with Gasteiger partial charge in [-0.05, 0) is 50.5 Å². The van der Waals surface area contributed by atoms with Gasteiger partial charge in [0.2, 0.25) is 0 Å². The van der Waals surface area contributed by atoms with Crippen LogP contribution in [0.15, 0.2) is 66.7 Å². The second-order valence-electron chi connectivity index (χ2n) is 7.95. The molecule has 2 heterocycles. The van der Waals surface area contributed by atoms with Crippen LogP contribution in [0.4, 0.5) is 5.69 Å². The number of esters is 1. The zero-order chi connectivity index (χ0) is 22.2. The molecule has 168 valence electrons. The molecule has 1 atom stereocenters. The minimum atomic E-state index is -0.275. The van der Waals surface area contributed by atoms with Crippen LogP contribution in [0.3, 0.4) is 0 Å². The molecule has 1 aliphatic heterocycles. The lowest BCUT2D eigenvalue weighted by Gasteiger charge is -2.40. The summed E-state index contributed by atoms with van der Waals surface area (Å²) in [5.41, 5.74) is 3.26. The Kier molecular flexibility index (Phi) is 7.51. The van der Waals surface area contributed by atoms with Gasteiger partial charge >= 0.3 is 5.97 Å². The lowest BCUT2D eigenvalue weighted by atomic mass is 10.1. The van der Waals surface area contributed by atoms with Gasteiger partial charge in [-0.3, -0.25) is 4.90 Å². The van der Waals surface area contributed by atoms with E-state index in [0.29, 0.717) is 6.61 Å². The van der Waals surface area contributed by atoms with Crippen LogP contribution in [-0.4, -0.2) is 58.6 Å². The van der Waals surface area contributed by atoms with Crippen molar-refractivity contribution in [2.45, 2.75) is 32.4 Å². The number of unbranched alkanes of at least 4 members (excludes halogenated alkanes) is 1. The number of benzene rings is 2. The van der Waals surface area contributed by atoms with Gasteiger partial charge in [-0.15, -0.1) is 5.10 Å².